The van der Waals surface area contributed by atoms with Crippen molar-refractivity contribution in [2.75, 3.05) is 13.2 Å². The van der Waals surface area contributed by atoms with Gasteiger partial charge in [-0.05, 0) is 31.1 Å². The molecule has 0 aromatic carbocycles. The van der Waals surface area contributed by atoms with Gasteiger partial charge in [0, 0.05) is 6.54 Å². The zero-order valence-corrected chi connectivity index (χ0v) is 12.6. The van der Waals surface area contributed by atoms with Gasteiger partial charge in [0.2, 0.25) is 5.91 Å². The molecular weight excluding hydrogens is 240 g/mol. The van der Waals surface area contributed by atoms with Crippen LogP contribution in [-0.4, -0.2) is 29.7 Å². The molecule has 0 radical (unpaired) electrons. The smallest absolute Gasteiger partial charge is 0.224 e. The largest absolute Gasteiger partial charge is 0.394 e. The molecule has 0 bridgehead atoms. The summed E-state index contributed by atoms with van der Waals surface area (Å²) >= 11 is 0. The number of aliphatic hydroxyl groups excluding tert-OH is 1. The van der Waals surface area contributed by atoms with Crippen molar-refractivity contribution in [1.29, 1.82) is 0 Å². The zero-order chi connectivity index (χ0) is 14.5. The molecule has 0 heterocycles. The number of aliphatic hydroxyl groups is 1. The van der Waals surface area contributed by atoms with Crippen molar-refractivity contribution in [3.63, 3.8) is 0 Å². The third kappa shape index (κ3) is 4.77. The molecule has 3 atom stereocenters. The molecule has 0 aromatic heterocycles. The van der Waals surface area contributed by atoms with Gasteiger partial charge in [-0.15, -0.1) is 0 Å². The first-order valence-corrected chi connectivity index (χ1v) is 7.55. The van der Waals surface area contributed by atoms with Gasteiger partial charge in [0.05, 0.1) is 18.1 Å². The Balaban J connectivity index is 2.65. The molecule has 1 aliphatic rings. The Kier molecular flexibility index (Phi) is 6.27. The molecule has 4 nitrogen and oxygen atoms in total. The third-order valence-corrected chi connectivity index (χ3v) is 4.19. The summed E-state index contributed by atoms with van der Waals surface area (Å²) in [6.45, 7) is 6.79. The van der Waals surface area contributed by atoms with Crippen LogP contribution in [0.15, 0.2) is 0 Å². The highest BCUT2D eigenvalue weighted by Gasteiger charge is 2.37. The maximum atomic E-state index is 12.3. The van der Waals surface area contributed by atoms with Gasteiger partial charge in [0.15, 0.2) is 0 Å². The second-order valence-corrected chi connectivity index (χ2v) is 6.69. The van der Waals surface area contributed by atoms with Crippen LogP contribution in [0.3, 0.4) is 0 Å². The average molecular weight is 270 g/mol. The Morgan fingerprint density at radius 2 is 2.21 bits per heavy atom. The number of rotatable bonds is 6. The fourth-order valence-electron chi connectivity index (χ4n) is 3.20. The van der Waals surface area contributed by atoms with Crippen LogP contribution in [0, 0.1) is 17.8 Å². The van der Waals surface area contributed by atoms with Crippen molar-refractivity contribution in [2.24, 2.45) is 23.5 Å². The average Bonchev–Trinajstić information content (AvgIpc) is 2.35. The molecule has 1 aliphatic carbocycles. The highest BCUT2D eigenvalue weighted by atomic mass is 16.3. The lowest BCUT2D eigenvalue weighted by molar-refractivity contribution is -0.128. The molecule has 1 fully saturated rings. The summed E-state index contributed by atoms with van der Waals surface area (Å²) < 4.78 is 0. The van der Waals surface area contributed by atoms with Crippen LogP contribution in [0.5, 0.6) is 0 Å². The maximum Gasteiger partial charge on any atom is 0.224 e. The molecule has 4 N–H and O–H groups in total. The molecular formula is C15H30N2O2. The van der Waals surface area contributed by atoms with Gasteiger partial charge in [-0.3, -0.25) is 4.79 Å². The topological polar surface area (TPSA) is 75.4 Å². The number of amides is 1. The number of nitrogens with one attached hydrogen (secondary N) is 1. The Hall–Kier alpha value is -0.610. The molecule has 0 saturated heterocycles. The van der Waals surface area contributed by atoms with Gasteiger partial charge in [-0.2, -0.15) is 0 Å². The summed E-state index contributed by atoms with van der Waals surface area (Å²) in [4.78, 5) is 12.3. The van der Waals surface area contributed by atoms with Crippen LogP contribution in [0.1, 0.15) is 52.9 Å². The molecule has 0 spiro atoms. The van der Waals surface area contributed by atoms with Crippen LogP contribution in [0.4, 0.5) is 0 Å². The predicted molar refractivity (Wildman–Crippen MR) is 77.6 cm³/mol. The first-order chi connectivity index (χ1) is 8.92. The highest BCUT2D eigenvalue weighted by Crippen LogP contribution is 2.32. The minimum atomic E-state index is -0.418. The van der Waals surface area contributed by atoms with Gasteiger partial charge >= 0.3 is 0 Å². The Bertz CT molecular complexity index is 294. The van der Waals surface area contributed by atoms with Crippen molar-refractivity contribution in [3.05, 3.63) is 0 Å². The van der Waals surface area contributed by atoms with E-state index in [4.69, 9.17) is 5.73 Å². The lowest BCUT2D eigenvalue weighted by Crippen LogP contribution is -2.56. The molecule has 4 heteroatoms. The van der Waals surface area contributed by atoms with Crippen LogP contribution < -0.4 is 11.1 Å². The summed E-state index contributed by atoms with van der Waals surface area (Å²) in [7, 11) is 0. The Labute approximate surface area is 117 Å². The Morgan fingerprint density at radius 3 is 2.68 bits per heavy atom. The van der Waals surface area contributed by atoms with Gasteiger partial charge in [0.1, 0.15) is 0 Å². The van der Waals surface area contributed by atoms with Crippen molar-refractivity contribution in [2.45, 2.75) is 58.4 Å². The lowest BCUT2D eigenvalue weighted by Gasteiger charge is -2.40. The fraction of sp³-hybridized carbons (Fsp3) is 0.933. The lowest BCUT2D eigenvalue weighted by atomic mass is 9.76. The number of nitrogens with two attached hydrogens (primary N) is 1. The van der Waals surface area contributed by atoms with Crippen LogP contribution in [-0.2, 0) is 4.79 Å². The Morgan fingerprint density at radius 1 is 1.53 bits per heavy atom. The van der Waals surface area contributed by atoms with Gasteiger partial charge in [-0.1, -0.05) is 33.6 Å². The van der Waals surface area contributed by atoms with Gasteiger partial charge < -0.3 is 16.2 Å². The SMILES string of the molecule is CC(C)CC(CN)C(=O)NC1(CO)CCCC(C)C1. The van der Waals surface area contributed by atoms with E-state index in [2.05, 4.69) is 26.1 Å². The predicted octanol–water partition coefficient (Wildman–Crippen LogP) is 1.66. The summed E-state index contributed by atoms with van der Waals surface area (Å²) in [6, 6.07) is 0. The third-order valence-electron chi connectivity index (χ3n) is 4.19. The second kappa shape index (κ2) is 7.25. The molecule has 1 rings (SSSR count). The first-order valence-electron chi connectivity index (χ1n) is 7.55. The van der Waals surface area contributed by atoms with E-state index in [9.17, 15) is 9.90 Å². The zero-order valence-electron chi connectivity index (χ0n) is 12.6. The van der Waals surface area contributed by atoms with Crippen LogP contribution in [0.25, 0.3) is 0 Å². The molecule has 0 aliphatic heterocycles. The monoisotopic (exact) mass is 270 g/mol. The molecule has 1 saturated carbocycles. The van der Waals surface area contributed by atoms with E-state index in [-0.39, 0.29) is 18.4 Å². The van der Waals surface area contributed by atoms with E-state index in [0.717, 1.165) is 25.7 Å². The number of hydrogen-bond donors (Lipinski definition) is 3. The minimum Gasteiger partial charge on any atom is -0.394 e. The van der Waals surface area contributed by atoms with Crippen molar-refractivity contribution >= 4 is 5.91 Å². The number of hydrogen-bond acceptors (Lipinski definition) is 3. The normalized spacial score (nSPS) is 29.3. The van der Waals surface area contributed by atoms with E-state index in [1.165, 1.54) is 6.42 Å². The van der Waals surface area contributed by atoms with E-state index >= 15 is 0 Å². The van der Waals surface area contributed by atoms with Crippen molar-refractivity contribution in [1.82, 2.24) is 5.32 Å². The van der Waals surface area contributed by atoms with E-state index in [1.807, 2.05) is 0 Å². The van der Waals surface area contributed by atoms with E-state index in [0.29, 0.717) is 18.4 Å². The van der Waals surface area contributed by atoms with Crippen LogP contribution >= 0.6 is 0 Å². The van der Waals surface area contributed by atoms with E-state index in [1.54, 1.807) is 0 Å². The summed E-state index contributed by atoms with van der Waals surface area (Å²) in [5.74, 6) is 0.886. The van der Waals surface area contributed by atoms with Crippen molar-refractivity contribution in [3.8, 4) is 0 Å². The van der Waals surface area contributed by atoms with Gasteiger partial charge in [-0.25, -0.2) is 0 Å². The van der Waals surface area contributed by atoms with Crippen molar-refractivity contribution < 1.29 is 9.90 Å². The number of carbonyl (C=O) groups excluding carboxylic acids is 1. The van der Waals surface area contributed by atoms with Gasteiger partial charge in [0.25, 0.3) is 0 Å². The fourth-order valence-corrected chi connectivity index (χ4v) is 3.20. The second-order valence-electron chi connectivity index (χ2n) is 6.69. The molecule has 3 unspecified atom stereocenters. The van der Waals surface area contributed by atoms with Crippen LogP contribution in [0.2, 0.25) is 0 Å². The maximum absolute atomic E-state index is 12.3. The summed E-state index contributed by atoms with van der Waals surface area (Å²) in [5.41, 5.74) is 5.30. The summed E-state index contributed by atoms with van der Waals surface area (Å²) in [6.07, 6.45) is 4.80. The molecule has 1 amide bonds. The molecule has 19 heavy (non-hydrogen) atoms. The summed E-state index contributed by atoms with van der Waals surface area (Å²) in [5, 5.41) is 12.8. The van der Waals surface area contributed by atoms with E-state index < -0.39 is 5.54 Å². The highest BCUT2D eigenvalue weighted by molar-refractivity contribution is 5.79. The standard InChI is InChI=1S/C15H30N2O2/c1-11(2)7-13(9-16)14(19)17-15(10-18)6-4-5-12(3)8-15/h11-13,18H,4-10,16H2,1-3H3,(H,17,19). The minimum absolute atomic E-state index is 0.0133. The molecule has 112 valence electrons. The first kappa shape index (κ1) is 16.4. The quantitative estimate of drug-likeness (QED) is 0.687. The molecule has 0 aromatic rings. The number of carbonyl (C=O) groups is 1.